The third-order valence-electron chi connectivity index (χ3n) is 3.50. The molecular formula is C16H14N6O2S. The first-order valence-corrected chi connectivity index (χ1v) is 8.46. The summed E-state index contributed by atoms with van der Waals surface area (Å²) < 4.78 is 12.2. The number of hydrogen-bond donors (Lipinski definition) is 1. The number of nitrogen functional groups attached to an aromatic ring is 1. The van der Waals surface area contributed by atoms with Crippen LogP contribution in [0, 0.1) is 6.92 Å². The number of aromatic nitrogens is 5. The predicted octanol–water partition coefficient (Wildman–Crippen LogP) is 2.90. The molecule has 25 heavy (non-hydrogen) atoms. The van der Waals surface area contributed by atoms with E-state index >= 15 is 0 Å². The number of thioether (sulfide) groups is 1. The Bertz CT molecular complexity index is 975. The van der Waals surface area contributed by atoms with Crippen LogP contribution in [0.2, 0.25) is 0 Å². The monoisotopic (exact) mass is 354 g/mol. The van der Waals surface area contributed by atoms with Gasteiger partial charge >= 0.3 is 0 Å². The van der Waals surface area contributed by atoms with Crippen LogP contribution >= 0.6 is 11.8 Å². The van der Waals surface area contributed by atoms with E-state index < -0.39 is 0 Å². The van der Waals surface area contributed by atoms with Crippen LogP contribution in [-0.4, -0.2) is 25.1 Å². The lowest BCUT2D eigenvalue weighted by Crippen LogP contribution is -2.11. The molecule has 126 valence electrons. The maximum absolute atomic E-state index is 6.11. The van der Waals surface area contributed by atoms with Gasteiger partial charge in [-0.2, -0.15) is 0 Å². The topological polar surface area (TPSA) is 109 Å². The summed E-state index contributed by atoms with van der Waals surface area (Å²) in [5.74, 6) is 8.47. The molecule has 0 aliphatic rings. The van der Waals surface area contributed by atoms with E-state index in [1.54, 1.807) is 18.4 Å². The Balaban J connectivity index is 1.48. The summed E-state index contributed by atoms with van der Waals surface area (Å²) in [5.41, 5.74) is 2.08. The smallest absolute Gasteiger partial charge is 0.283 e. The zero-order chi connectivity index (χ0) is 17.2. The highest BCUT2D eigenvalue weighted by atomic mass is 32.2. The highest BCUT2D eigenvalue weighted by Crippen LogP contribution is 2.25. The van der Waals surface area contributed by atoms with E-state index in [0.717, 1.165) is 5.56 Å². The zero-order valence-electron chi connectivity index (χ0n) is 13.3. The van der Waals surface area contributed by atoms with Gasteiger partial charge < -0.3 is 14.7 Å². The van der Waals surface area contributed by atoms with Crippen molar-refractivity contribution in [2.24, 2.45) is 0 Å². The quantitative estimate of drug-likeness (QED) is 0.430. The fraction of sp³-hybridized carbons (Fsp3) is 0.125. The van der Waals surface area contributed by atoms with E-state index in [9.17, 15) is 0 Å². The van der Waals surface area contributed by atoms with Crippen molar-refractivity contribution in [2.75, 3.05) is 5.84 Å². The van der Waals surface area contributed by atoms with Crippen LogP contribution < -0.4 is 5.84 Å². The summed E-state index contributed by atoms with van der Waals surface area (Å²) >= 11 is 1.37. The molecule has 0 amide bonds. The van der Waals surface area contributed by atoms with Gasteiger partial charge in [-0.25, -0.2) is 4.68 Å². The number of nitrogens with zero attached hydrogens (tertiary/aromatic N) is 5. The molecule has 0 saturated heterocycles. The molecule has 0 atom stereocenters. The normalized spacial score (nSPS) is 11.1. The summed E-state index contributed by atoms with van der Waals surface area (Å²) in [6.07, 6.45) is 1.55. The molecule has 8 nitrogen and oxygen atoms in total. The highest BCUT2D eigenvalue weighted by Gasteiger charge is 2.15. The molecule has 1 aromatic carbocycles. The van der Waals surface area contributed by atoms with E-state index in [1.165, 1.54) is 22.0 Å². The molecular weight excluding hydrogens is 340 g/mol. The summed E-state index contributed by atoms with van der Waals surface area (Å²) in [5, 5.41) is 16.8. The Morgan fingerprint density at radius 1 is 1.08 bits per heavy atom. The van der Waals surface area contributed by atoms with Gasteiger partial charge in [0.05, 0.1) is 12.0 Å². The van der Waals surface area contributed by atoms with E-state index in [-0.39, 0.29) is 0 Å². The molecule has 0 radical (unpaired) electrons. The molecule has 3 aromatic heterocycles. The predicted molar refractivity (Wildman–Crippen MR) is 91.9 cm³/mol. The Labute approximate surface area is 147 Å². The molecule has 0 fully saturated rings. The van der Waals surface area contributed by atoms with E-state index in [2.05, 4.69) is 20.4 Å². The Morgan fingerprint density at radius 3 is 2.68 bits per heavy atom. The first kappa shape index (κ1) is 15.5. The number of furan rings is 1. The van der Waals surface area contributed by atoms with Gasteiger partial charge in [-0.15, -0.1) is 20.4 Å². The summed E-state index contributed by atoms with van der Waals surface area (Å²) in [6, 6.07) is 11.5. The van der Waals surface area contributed by atoms with Gasteiger partial charge in [0.1, 0.15) is 0 Å². The number of benzene rings is 1. The maximum Gasteiger partial charge on any atom is 0.283 e. The van der Waals surface area contributed by atoms with Crippen molar-refractivity contribution in [3.8, 4) is 23.0 Å². The Kier molecular flexibility index (Phi) is 3.98. The van der Waals surface area contributed by atoms with Crippen LogP contribution in [-0.2, 0) is 5.75 Å². The SMILES string of the molecule is Cc1ccc(-c2nnc(SCc3nnc(-c4ccco4)o3)n2N)cc1. The molecule has 3 heterocycles. The van der Waals surface area contributed by atoms with E-state index in [1.807, 2.05) is 31.2 Å². The van der Waals surface area contributed by atoms with Crippen LogP contribution in [0.3, 0.4) is 0 Å². The fourth-order valence-electron chi connectivity index (χ4n) is 2.21. The van der Waals surface area contributed by atoms with Crippen molar-refractivity contribution in [3.63, 3.8) is 0 Å². The molecule has 0 aliphatic carbocycles. The lowest BCUT2D eigenvalue weighted by atomic mass is 10.1. The third-order valence-corrected chi connectivity index (χ3v) is 4.43. The minimum Gasteiger partial charge on any atom is -0.459 e. The first-order chi connectivity index (χ1) is 12.2. The van der Waals surface area contributed by atoms with Crippen molar-refractivity contribution < 1.29 is 8.83 Å². The standard InChI is InChI=1S/C16H14N6O2S/c1-10-4-6-11(7-5-10)14-19-21-16(22(14)17)25-9-13-18-20-15(24-13)12-3-2-8-23-12/h2-8H,9,17H2,1H3. The van der Waals surface area contributed by atoms with Gasteiger partial charge in [0.15, 0.2) is 11.6 Å². The van der Waals surface area contributed by atoms with Crippen molar-refractivity contribution in [2.45, 2.75) is 17.8 Å². The van der Waals surface area contributed by atoms with Crippen molar-refractivity contribution in [3.05, 3.63) is 54.1 Å². The van der Waals surface area contributed by atoms with Gasteiger partial charge in [-0.3, -0.25) is 0 Å². The van der Waals surface area contributed by atoms with Crippen molar-refractivity contribution >= 4 is 11.8 Å². The third kappa shape index (κ3) is 3.13. The van der Waals surface area contributed by atoms with Crippen molar-refractivity contribution in [1.82, 2.24) is 25.1 Å². The van der Waals surface area contributed by atoms with Crippen LogP contribution in [0.5, 0.6) is 0 Å². The zero-order valence-corrected chi connectivity index (χ0v) is 14.1. The fourth-order valence-corrected chi connectivity index (χ4v) is 2.91. The first-order valence-electron chi connectivity index (χ1n) is 7.47. The maximum atomic E-state index is 6.11. The van der Waals surface area contributed by atoms with Gasteiger partial charge in [0.25, 0.3) is 5.89 Å². The second-order valence-corrected chi connectivity index (χ2v) is 6.25. The van der Waals surface area contributed by atoms with Crippen molar-refractivity contribution in [1.29, 1.82) is 0 Å². The average molecular weight is 354 g/mol. The second-order valence-electron chi connectivity index (χ2n) is 5.31. The molecule has 0 unspecified atom stereocenters. The molecule has 4 aromatic rings. The molecule has 0 saturated carbocycles. The van der Waals surface area contributed by atoms with Crippen LogP contribution in [0.1, 0.15) is 11.5 Å². The highest BCUT2D eigenvalue weighted by molar-refractivity contribution is 7.98. The molecule has 4 rings (SSSR count). The average Bonchev–Trinajstić information content (AvgIpc) is 3.35. The van der Waals surface area contributed by atoms with Crippen LogP contribution in [0.4, 0.5) is 0 Å². The molecule has 9 heteroatoms. The molecule has 2 N–H and O–H groups in total. The number of aryl methyl sites for hydroxylation is 1. The number of nitrogens with two attached hydrogens (primary N) is 1. The Morgan fingerprint density at radius 2 is 1.92 bits per heavy atom. The summed E-state index contributed by atoms with van der Waals surface area (Å²) in [6.45, 7) is 2.03. The van der Waals surface area contributed by atoms with Gasteiger partial charge in [0, 0.05) is 5.56 Å². The van der Waals surface area contributed by atoms with E-state index in [0.29, 0.717) is 34.3 Å². The molecule has 0 bridgehead atoms. The minimum atomic E-state index is 0.343. The molecule has 0 spiro atoms. The molecule has 0 aliphatic heterocycles. The van der Waals surface area contributed by atoms with Gasteiger partial charge in [0.2, 0.25) is 11.0 Å². The lowest BCUT2D eigenvalue weighted by Gasteiger charge is -2.03. The largest absolute Gasteiger partial charge is 0.459 e. The lowest BCUT2D eigenvalue weighted by molar-refractivity contribution is 0.494. The minimum absolute atomic E-state index is 0.343. The van der Waals surface area contributed by atoms with Crippen LogP contribution in [0.25, 0.3) is 23.0 Å². The van der Waals surface area contributed by atoms with Gasteiger partial charge in [-0.05, 0) is 19.1 Å². The van der Waals surface area contributed by atoms with E-state index in [4.69, 9.17) is 14.7 Å². The number of hydrogen-bond acceptors (Lipinski definition) is 8. The number of rotatable bonds is 5. The second kappa shape index (κ2) is 6.44. The van der Waals surface area contributed by atoms with Crippen LogP contribution in [0.15, 0.2) is 56.7 Å². The summed E-state index contributed by atoms with van der Waals surface area (Å²) in [4.78, 5) is 0. The summed E-state index contributed by atoms with van der Waals surface area (Å²) in [7, 11) is 0. The van der Waals surface area contributed by atoms with Gasteiger partial charge in [-0.1, -0.05) is 41.6 Å². The Hall–Kier alpha value is -3.07.